The summed E-state index contributed by atoms with van der Waals surface area (Å²) in [4.78, 5) is 7.99. The summed E-state index contributed by atoms with van der Waals surface area (Å²) in [5.41, 5.74) is 8.11. The Morgan fingerprint density at radius 3 is 2.19 bits per heavy atom. The van der Waals surface area contributed by atoms with Crippen molar-refractivity contribution in [2.45, 2.75) is 19.9 Å². The summed E-state index contributed by atoms with van der Waals surface area (Å²) >= 11 is 0. The Morgan fingerprint density at radius 2 is 1.62 bits per heavy atom. The number of nitrogens with two attached hydrogens (primary N) is 1. The van der Waals surface area contributed by atoms with Gasteiger partial charge < -0.3 is 5.73 Å². The molecule has 1 atom stereocenters. The van der Waals surface area contributed by atoms with E-state index in [9.17, 15) is 0 Å². The smallest absolute Gasteiger partial charge is 0.0568 e. The highest BCUT2D eigenvalue weighted by molar-refractivity contribution is 5.27. The third-order valence-corrected chi connectivity index (χ3v) is 2.11. The van der Waals surface area contributed by atoms with Crippen LogP contribution in [-0.2, 0) is 0 Å². The number of pyridine rings is 2. The maximum Gasteiger partial charge on any atom is 0.0568 e. The molecule has 0 spiro atoms. The van der Waals surface area contributed by atoms with Crippen molar-refractivity contribution in [1.29, 1.82) is 0 Å². The van der Waals surface area contributed by atoms with Crippen molar-refractivity contribution < 1.29 is 0 Å². The lowest BCUT2D eigenvalue weighted by Crippen LogP contribution is -2.11. The van der Waals surface area contributed by atoms with Crippen molar-refractivity contribution in [3.05, 3.63) is 60.2 Å². The SMILES string of the molecule is CC.NC(c1ccncc1)c1cccnc1. The van der Waals surface area contributed by atoms with E-state index >= 15 is 0 Å². The Labute approximate surface area is 96.4 Å². The first kappa shape index (κ1) is 12.3. The van der Waals surface area contributed by atoms with Crippen LogP contribution in [0, 0.1) is 0 Å². The molecule has 0 radical (unpaired) electrons. The van der Waals surface area contributed by atoms with Crippen molar-refractivity contribution in [3.63, 3.8) is 0 Å². The number of aromatic nitrogens is 2. The molecular weight excluding hydrogens is 198 g/mol. The fourth-order valence-corrected chi connectivity index (χ4v) is 1.32. The van der Waals surface area contributed by atoms with Crippen LogP contribution in [0.4, 0.5) is 0 Å². The highest BCUT2D eigenvalue weighted by Crippen LogP contribution is 2.16. The molecule has 2 heterocycles. The molecule has 0 fully saturated rings. The van der Waals surface area contributed by atoms with E-state index in [1.165, 1.54) is 0 Å². The summed E-state index contributed by atoms with van der Waals surface area (Å²) < 4.78 is 0. The maximum absolute atomic E-state index is 6.05. The van der Waals surface area contributed by atoms with Gasteiger partial charge in [0.2, 0.25) is 0 Å². The molecule has 2 aromatic heterocycles. The summed E-state index contributed by atoms with van der Waals surface area (Å²) in [6.07, 6.45) is 7.00. The van der Waals surface area contributed by atoms with Gasteiger partial charge in [0.1, 0.15) is 0 Å². The predicted molar refractivity (Wildman–Crippen MR) is 65.9 cm³/mol. The van der Waals surface area contributed by atoms with Crippen molar-refractivity contribution in [2.75, 3.05) is 0 Å². The van der Waals surface area contributed by atoms with Crippen LogP contribution < -0.4 is 5.73 Å². The molecule has 0 aromatic carbocycles. The Balaban J connectivity index is 0.000000606. The number of nitrogens with zero attached hydrogens (tertiary/aromatic N) is 2. The van der Waals surface area contributed by atoms with Gasteiger partial charge in [-0.3, -0.25) is 9.97 Å². The third-order valence-electron chi connectivity index (χ3n) is 2.11. The average Bonchev–Trinajstić information content (AvgIpc) is 2.42. The van der Waals surface area contributed by atoms with Gasteiger partial charge in [-0.1, -0.05) is 19.9 Å². The summed E-state index contributed by atoms with van der Waals surface area (Å²) in [5, 5.41) is 0. The van der Waals surface area contributed by atoms with Gasteiger partial charge in [0.25, 0.3) is 0 Å². The van der Waals surface area contributed by atoms with Gasteiger partial charge in [0.05, 0.1) is 6.04 Å². The molecule has 0 aliphatic heterocycles. The number of hydrogen-bond acceptors (Lipinski definition) is 3. The first-order valence-corrected chi connectivity index (χ1v) is 5.43. The van der Waals surface area contributed by atoms with E-state index in [0.29, 0.717) is 0 Å². The molecule has 0 saturated heterocycles. The van der Waals surface area contributed by atoms with Crippen molar-refractivity contribution in [2.24, 2.45) is 5.73 Å². The van der Waals surface area contributed by atoms with Gasteiger partial charge in [-0.05, 0) is 29.3 Å². The first-order chi connectivity index (χ1) is 7.88. The van der Waals surface area contributed by atoms with Gasteiger partial charge in [0.15, 0.2) is 0 Å². The highest BCUT2D eigenvalue weighted by atomic mass is 14.7. The van der Waals surface area contributed by atoms with Crippen LogP contribution >= 0.6 is 0 Å². The molecule has 16 heavy (non-hydrogen) atoms. The van der Waals surface area contributed by atoms with E-state index in [4.69, 9.17) is 5.73 Å². The van der Waals surface area contributed by atoms with E-state index < -0.39 is 0 Å². The van der Waals surface area contributed by atoms with Crippen LogP contribution in [0.15, 0.2) is 49.1 Å². The number of hydrogen-bond donors (Lipinski definition) is 1. The summed E-state index contributed by atoms with van der Waals surface area (Å²) in [6, 6.07) is 7.57. The number of rotatable bonds is 2. The molecule has 3 heteroatoms. The van der Waals surface area contributed by atoms with Crippen molar-refractivity contribution in [1.82, 2.24) is 9.97 Å². The normalized spacial score (nSPS) is 11.2. The fraction of sp³-hybridized carbons (Fsp3) is 0.231. The minimum Gasteiger partial charge on any atom is -0.320 e. The van der Waals surface area contributed by atoms with E-state index in [1.807, 2.05) is 38.1 Å². The zero-order valence-corrected chi connectivity index (χ0v) is 9.67. The average molecular weight is 215 g/mol. The quantitative estimate of drug-likeness (QED) is 0.837. The lowest BCUT2D eigenvalue weighted by atomic mass is 10.0. The summed E-state index contributed by atoms with van der Waals surface area (Å²) in [7, 11) is 0. The van der Waals surface area contributed by atoms with Crippen LogP contribution in [0.1, 0.15) is 31.0 Å². The standard InChI is InChI=1S/C11H11N3.C2H6/c12-11(9-3-6-13-7-4-9)10-2-1-5-14-8-10;1-2/h1-8,11H,12H2;1-2H3. The van der Waals surface area contributed by atoms with Crippen LogP contribution in [0.3, 0.4) is 0 Å². The lowest BCUT2D eigenvalue weighted by molar-refractivity contribution is 0.860. The largest absolute Gasteiger partial charge is 0.320 e. The zero-order chi connectivity index (χ0) is 11.8. The van der Waals surface area contributed by atoms with E-state index in [1.54, 1.807) is 24.8 Å². The molecule has 0 bridgehead atoms. The van der Waals surface area contributed by atoms with Crippen molar-refractivity contribution in [3.8, 4) is 0 Å². The van der Waals surface area contributed by atoms with E-state index in [2.05, 4.69) is 9.97 Å². The first-order valence-electron chi connectivity index (χ1n) is 5.43. The molecule has 3 nitrogen and oxygen atoms in total. The van der Waals surface area contributed by atoms with Crippen LogP contribution in [0.5, 0.6) is 0 Å². The van der Waals surface area contributed by atoms with Crippen LogP contribution in [-0.4, -0.2) is 9.97 Å². The minimum absolute atomic E-state index is 0.119. The van der Waals surface area contributed by atoms with Crippen LogP contribution in [0.2, 0.25) is 0 Å². The Morgan fingerprint density at radius 1 is 0.938 bits per heavy atom. The Kier molecular flexibility index (Phi) is 5.16. The highest BCUT2D eigenvalue weighted by Gasteiger charge is 2.07. The van der Waals surface area contributed by atoms with Gasteiger partial charge >= 0.3 is 0 Å². The maximum atomic E-state index is 6.05. The summed E-state index contributed by atoms with van der Waals surface area (Å²) in [6.45, 7) is 4.00. The molecular formula is C13H17N3. The zero-order valence-electron chi connectivity index (χ0n) is 9.67. The molecule has 2 rings (SSSR count). The van der Waals surface area contributed by atoms with Crippen LogP contribution in [0.25, 0.3) is 0 Å². The Bertz CT molecular complexity index is 347. The van der Waals surface area contributed by atoms with Gasteiger partial charge in [-0.15, -0.1) is 0 Å². The fourth-order valence-electron chi connectivity index (χ4n) is 1.32. The van der Waals surface area contributed by atoms with Gasteiger partial charge in [-0.2, -0.15) is 0 Å². The lowest BCUT2D eigenvalue weighted by Gasteiger charge is -2.10. The molecule has 84 valence electrons. The second-order valence-electron chi connectivity index (χ2n) is 3.04. The monoisotopic (exact) mass is 215 g/mol. The van der Waals surface area contributed by atoms with Gasteiger partial charge in [-0.25, -0.2) is 0 Å². The minimum atomic E-state index is -0.119. The molecule has 1 unspecified atom stereocenters. The van der Waals surface area contributed by atoms with E-state index in [-0.39, 0.29) is 6.04 Å². The summed E-state index contributed by atoms with van der Waals surface area (Å²) in [5.74, 6) is 0. The second-order valence-corrected chi connectivity index (χ2v) is 3.04. The van der Waals surface area contributed by atoms with E-state index in [0.717, 1.165) is 11.1 Å². The molecule has 0 amide bonds. The molecule has 0 aliphatic carbocycles. The third kappa shape index (κ3) is 3.14. The topological polar surface area (TPSA) is 51.8 Å². The molecule has 0 aliphatic rings. The van der Waals surface area contributed by atoms with Crippen molar-refractivity contribution >= 4 is 0 Å². The van der Waals surface area contributed by atoms with Gasteiger partial charge in [0, 0.05) is 24.8 Å². The molecule has 0 saturated carbocycles. The molecule has 2 aromatic rings. The predicted octanol–water partition coefficient (Wildman–Crippen LogP) is 2.55. The second kappa shape index (κ2) is 6.69. The Hall–Kier alpha value is -1.74. The molecule has 2 N–H and O–H groups in total.